The normalized spacial score (nSPS) is 13.2. The van der Waals surface area contributed by atoms with Gasteiger partial charge in [-0.1, -0.05) is 12.8 Å². The molecule has 0 aliphatic rings. The van der Waals surface area contributed by atoms with Crippen molar-refractivity contribution < 1.29 is 18.9 Å². The SMILES string of the molecule is C#CCN(CC(=O)O)C(=O)NCCC(C)S(C)=O. The lowest BCUT2D eigenvalue weighted by Crippen LogP contribution is -2.43. The zero-order valence-corrected chi connectivity index (χ0v) is 11.3. The molecule has 0 aliphatic carbocycles. The molecular weight excluding hydrogens is 256 g/mol. The Bertz CT molecular complexity index is 365. The van der Waals surface area contributed by atoms with E-state index in [9.17, 15) is 13.8 Å². The predicted octanol–water partition coefficient (Wildman–Crippen LogP) is -0.127. The first-order chi connectivity index (χ1) is 8.38. The molecule has 0 rings (SSSR count). The topological polar surface area (TPSA) is 86.7 Å². The number of carboxylic acid groups (broad SMARTS) is 1. The number of hydrogen-bond donors (Lipinski definition) is 2. The molecule has 2 unspecified atom stereocenters. The molecular formula is C11H18N2O4S. The van der Waals surface area contributed by atoms with E-state index in [1.807, 2.05) is 6.92 Å². The Morgan fingerprint density at radius 1 is 1.56 bits per heavy atom. The van der Waals surface area contributed by atoms with Gasteiger partial charge in [-0.25, -0.2) is 4.79 Å². The Kier molecular flexibility index (Phi) is 7.79. The second-order valence-corrected chi connectivity index (χ2v) is 5.59. The lowest BCUT2D eigenvalue weighted by molar-refractivity contribution is -0.137. The Balaban J connectivity index is 4.15. The van der Waals surface area contributed by atoms with Crippen LogP contribution >= 0.6 is 0 Å². The third-order valence-electron chi connectivity index (χ3n) is 2.29. The van der Waals surface area contributed by atoms with Gasteiger partial charge in [0.05, 0.1) is 6.54 Å². The summed E-state index contributed by atoms with van der Waals surface area (Å²) in [6.07, 6.45) is 7.21. The molecule has 0 bridgehead atoms. The fourth-order valence-corrected chi connectivity index (χ4v) is 1.58. The van der Waals surface area contributed by atoms with Gasteiger partial charge in [-0.15, -0.1) is 6.42 Å². The summed E-state index contributed by atoms with van der Waals surface area (Å²) >= 11 is 0. The Morgan fingerprint density at radius 3 is 2.61 bits per heavy atom. The van der Waals surface area contributed by atoms with E-state index in [1.165, 1.54) is 0 Å². The average molecular weight is 274 g/mol. The second-order valence-electron chi connectivity index (χ2n) is 3.78. The van der Waals surface area contributed by atoms with Crippen molar-refractivity contribution in [2.75, 3.05) is 25.9 Å². The molecule has 0 aromatic rings. The van der Waals surface area contributed by atoms with Crippen LogP contribution in [-0.2, 0) is 15.6 Å². The molecule has 7 heteroatoms. The van der Waals surface area contributed by atoms with Crippen LogP contribution in [0.2, 0.25) is 0 Å². The molecule has 2 N–H and O–H groups in total. The summed E-state index contributed by atoms with van der Waals surface area (Å²) in [5, 5.41) is 11.1. The quantitative estimate of drug-likeness (QED) is 0.633. The van der Waals surface area contributed by atoms with E-state index in [0.717, 1.165) is 4.90 Å². The first-order valence-electron chi connectivity index (χ1n) is 5.38. The molecule has 2 atom stereocenters. The summed E-state index contributed by atoms with van der Waals surface area (Å²) in [5.41, 5.74) is 0. The zero-order chi connectivity index (χ0) is 14.1. The number of carbonyl (C=O) groups is 2. The van der Waals surface area contributed by atoms with Crippen molar-refractivity contribution in [2.24, 2.45) is 0 Å². The van der Waals surface area contributed by atoms with E-state index in [2.05, 4.69) is 11.2 Å². The third kappa shape index (κ3) is 6.91. The van der Waals surface area contributed by atoms with Crippen LogP contribution in [0.4, 0.5) is 4.79 Å². The number of nitrogens with zero attached hydrogens (tertiary/aromatic N) is 1. The molecule has 0 spiro atoms. The van der Waals surface area contributed by atoms with Crippen LogP contribution in [0.5, 0.6) is 0 Å². The molecule has 0 aliphatic heterocycles. The highest BCUT2D eigenvalue weighted by Crippen LogP contribution is 1.98. The number of rotatable bonds is 7. The van der Waals surface area contributed by atoms with Gasteiger partial charge in [0.25, 0.3) is 0 Å². The molecule has 0 aromatic carbocycles. The van der Waals surface area contributed by atoms with Crippen LogP contribution in [0.1, 0.15) is 13.3 Å². The summed E-state index contributed by atoms with van der Waals surface area (Å²) in [4.78, 5) is 23.2. The Morgan fingerprint density at radius 2 is 2.17 bits per heavy atom. The smallest absolute Gasteiger partial charge is 0.323 e. The van der Waals surface area contributed by atoms with Crippen molar-refractivity contribution in [3.05, 3.63) is 0 Å². The first-order valence-corrected chi connectivity index (χ1v) is 7.00. The van der Waals surface area contributed by atoms with Crippen molar-refractivity contribution >= 4 is 22.8 Å². The molecule has 2 amide bonds. The van der Waals surface area contributed by atoms with Gasteiger partial charge in [0.2, 0.25) is 0 Å². The molecule has 102 valence electrons. The average Bonchev–Trinajstić information content (AvgIpc) is 2.27. The maximum atomic E-state index is 11.6. The van der Waals surface area contributed by atoms with Crippen molar-refractivity contribution in [2.45, 2.75) is 18.6 Å². The number of hydrogen-bond acceptors (Lipinski definition) is 3. The van der Waals surface area contributed by atoms with Gasteiger partial charge >= 0.3 is 12.0 Å². The fraction of sp³-hybridized carbons (Fsp3) is 0.636. The molecule has 0 heterocycles. The Hall–Kier alpha value is -1.55. The molecule has 18 heavy (non-hydrogen) atoms. The van der Waals surface area contributed by atoms with Crippen molar-refractivity contribution in [1.29, 1.82) is 0 Å². The minimum atomic E-state index is -1.12. The lowest BCUT2D eigenvalue weighted by Gasteiger charge is -2.19. The van der Waals surface area contributed by atoms with Gasteiger partial charge in [0.15, 0.2) is 0 Å². The lowest BCUT2D eigenvalue weighted by atomic mass is 10.3. The van der Waals surface area contributed by atoms with Gasteiger partial charge in [-0.3, -0.25) is 9.00 Å². The number of carbonyl (C=O) groups excluding carboxylic acids is 1. The van der Waals surface area contributed by atoms with E-state index in [1.54, 1.807) is 6.26 Å². The van der Waals surface area contributed by atoms with Crippen LogP contribution in [0.15, 0.2) is 0 Å². The molecule has 0 saturated heterocycles. The van der Waals surface area contributed by atoms with E-state index in [-0.39, 0.29) is 11.8 Å². The summed E-state index contributed by atoms with van der Waals surface area (Å²) in [5.74, 6) is 1.10. The molecule has 0 fully saturated rings. The highest BCUT2D eigenvalue weighted by Gasteiger charge is 2.15. The summed E-state index contributed by atoms with van der Waals surface area (Å²) < 4.78 is 11.1. The van der Waals surface area contributed by atoms with E-state index in [0.29, 0.717) is 13.0 Å². The second kappa shape index (κ2) is 8.53. The highest BCUT2D eigenvalue weighted by atomic mass is 32.2. The van der Waals surface area contributed by atoms with E-state index >= 15 is 0 Å². The number of aliphatic carboxylic acids is 1. The maximum absolute atomic E-state index is 11.6. The van der Waals surface area contributed by atoms with Crippen molar-refractivity contribution in [3.63, 3.8) is 0 Å². The maximum Gasteiger partial charge on any atom is 0.323 e. The van der Waals surface area contributed by atoms with E-state index in [4.69, 9.17) is 11.5 Å². The number of nitrogens with one attached hydrogen (secondary N) is 1. The number of carboxylic acids is 1. The van der Waals surface area contributed by atoms with E-state index < -0.39 is 29.3 Å². The first kappa shape index (κ1) is 16.4. The Labute approximate surface area is 109 Å². The summed E-state index contributed by atoms with van der Waals surface area (Å²) in [6, 6.07) is -0.524. The van der Waals surface area contributed by atoms with Gasteiger partial charge in [0, 0.05) is 28.9 Å². The molecule has 6 nitrogen and oxygen atoms in total. The zero-order valence-electron chi connectivity index (χ0n) is 10.5. The minimum Gasteiger partial charge on any atom is -0.480 e. The largest absolute Gasteiger partial charge is 0.480 e. The van der Waals surface area contributed by atoms with Gasteiger partial charge < -0.3 is 15.3 Å². The number of urea groups is 1. The summed E-state index contributed by atoms with van der Waals surface area (Å²) in [6.45, 7) is 1.65. The number of terminal acetylenes is 1. The summed E-state index contributed by atoms with van der Waals surface area (Å²) in [7, 11) is -0.940. The van der Waals surface area contributed by atoms with Crippen LogP contribution in [0.25, 0.3) is 0 Å². The standard InChI is InChI=1S/C11H18N2O4S/c1-4-7-13(8-10(14)15)11(16)12-6-5-9(2)18(3)17/h1,9H,5-8H2,2-3H3,(H,12,16)(H,14,15). The molecule has 0 saturated carbocycles. The highest BCUT2D eigenvalue weighted by molar-refractivity contribution is 7.84. The van der Waals surface area contributed by atoms with Crippen LogP contribution < -0.4 is 5.32 Å². The van der Waals surface area contributed by atoms with Gasteiger partial charge in [0.1, 0.15) is 6.54 Å². The minimum absolute atomic E-state index is 0.0224. The van der Waals surface area contributed by atoms with Crippen molar-refractivity contribution in [1.82, 2.24) is 10.2 Å². The van der Waals surface area contributed by atoms with Gasteiger partial charge in [-0.05, 0) is 6.42 Å². The third-order valence-corrected chi connectivity index (χ3v) is 3.66. The molecule has 0 radical (unpaired) electrons. The van der Waals surface area contributed by atoms with Gasteiger partial charge in [-0.2, -0.15) is 0 Å². The monoisotopic (exact) mass is 274 g/mol. The van der Waals surface area contributed by atoms with Crippen LogP contribution in [0, 0.1) is 12.3 Å². The van der Waals surface area contributed by atoms with Crippen LogP contribution in [0.3, 0.4) is 0 Å². The number of amides is 2. The molecule has 0 aromatic heterocycles. The van der Waals surface area contributed by atoms with Crippen LogP contribution in [-0.4, -0.2) is 57.4 Å². The fourth-order valence-electron chi connectivity index (χ4n) is 1.13. The van der Waals surface area contributed by atoms with Crippen molar-refractivity contribution in [3.8, 4) is 12.3 Å². The predicted molar refractivity (Wildman–Crippen MR) is 69.6 cm³/mol.